The second kappa shape index (κ2) is 4.14. The second-order valence-corrected chi connectivity index (χ2v) is 5.68. The van der Waals surface area contributed by atoms with Crippen LogP contribution in [0.2, 0.25) is 0 Å². The molecule has 2 heterocycles. The van der Waals surface area contributed by atoms with Crippen LogP contribution in [-0.2, 0) is 0 Å². The molecule has 0 radical (unpaired) electrons. The van der Waals surface area contributed by atoms with Crippen LogP contribution in [0.5, 0.6) is 0 Å². The molecule has 2 aromatic rings. The lowest BCUT2D eigenvalue weighted by Gasteiger charge is -2.41. The third kappa shape index (κ3) is 1.61. The van der Waals surface area contributed by atoms with Crippen LogP contribution in [0.4, 0.5) is 0 Å². The number of aromatic nitrogens is 2. The third-order valence-electron chi connectivity index (χ3n) is 4.49. The Balaban J connectivity index is 1.89. The Hall–Kier alpha value is -1.74. The van der Waals surface area contributed by atoms with Gasteiger partial charge in [-0.15, -0.1) is 6.58 Å². The molecule has 1 aliphatic heterocycles. The van der Waals surface area contributed by atoms with Gasteiger partial charge in [0.05, 0.1) is 11.9 Å². The predicted octanol–water partition coefficient (Wildman–Crippen LogP) is 2.70. The van der Waals surface area contributed by atoms with Gasteiger partial charge in [-0.05, 0) is 17.9 Å². The average molecular weight is 251 g/mol. The number of benzene rings is 1. The van der Waals surface area contributed by atoms with Crippen molar-refractivity contribution in [2.24, 2.45) is 0 Å². The summed E-state index contributed by atoms with van der Waals surface area (Å²) in [4.78, 5) is 2.49. The maximum Gasteiger partial charge on any atom is 0.0756 e. The van der Waals surface area contributed by atoms with Crippen molar-refractivity contribution in [1.29, 1.82) is 0 Å². The number of fused-ring (bicyclic) bond motifs is 4. The zero-order valence-electron chi connectivity index (χ0n) is 10.9. The van der Waals surface area contributed by atoms with Crippen LogP contribution in [0.3, 0.4) is 0 Å². The quantitative estimate of drug-likeness (QED) is 0.768. The molecule has 3 heteroatoms. The van der Waals surface area contributed by atoms with Gasteiger partial charge in [0.1, 0.15) is 0 Å². The van der Waals surface area contributed by atoms with E-state index < -0.39 is 0 Å². The highest BCUT2D eigenvalue weighted by atomic mass is 15.2. The highest BCUT2D eigenvalue weighted by Crippen LogP contribution is 2.44. The molecule has 2 aliphatic rings. The lowest BCUT2D eigenvalue weighted by Crippen LogP contribution is -2.40. The molecular weight excluding hydrogens is 234 g/mol. The summed E-state index contributed by atoms with van der Waals surface area (Å²) in [6, 6.07) is 6.57. The van der Waals surface area contributed by atoms with Crippen LogP contribution in [0, 0.1) is 0 Å². The Kier molecular flexibility index (Phi) is 2.42. The summed E-state index contributed by atoms with van der Waals surface area (Å²) in [6.07, 6.45) is 5.11. The molecule has 3 nitrogen and oxygen atoms in total. The summed E-state index contributed by atoms with van der Waals surface area (Å²) < 4.78 is 0. The van der Waals surface area contributed by atoms with Crippen molar-refractivity contribution in [3.8, 4) is 0 Å². The van der Waals surface area contributed by atoms with Gasteiger partial charge in [-0.1, -0.05) is 24.3 Å². The van der Waals surface area contributed by atoms with E-state index in [9.17, 15) is 0 Å². The van der Waals surface area contributed by atoms with Gasteiger partial charge in [0.25, 0.3) is 0 Å². The largest absolute Gasteiger partial charge is 0.298 e. The molecule has 1 aromatic carbocycles. The average Bonchev–Trinajstić information content (AvgIpc) is 2.45. The van der Waals surface area contributed by atoms with Crippen molar-refractivity contribution in [1.82, 2.24) is 15.1 Å². The maximum atomic E-state index is 4.45. The Morgan fingerprint density at radius 3 is 3.11 bits per heavy atom. The minimum absolute atomic E-state index is 0.532. The molecule has 4 rings (SSSR count). The first-order valence-corrected chi connectivity index (χ1v) is 6.94. The van der Waals surface area contributed by atoms with E-state index in [2.05, 4.69) is 39.9 Å². The molecule has 0 amide bonds. The number of nitrogens with zero attached hydrogens (tertiary/aromatic N) is 3. The minimum Gasteiger partial charge on any atom is -0.298 e. The molecular formula is C16H17N3. The van der Waals surface area contributed by atoms with Gasteiger partial charge >= 0.3 is 0 Å². The molecule has 1 unspecified atom stereocenters. The minimum atomic E-state index is 0.532. The van der Waals surface area contributed by atoms with Gasteiger partial charge in [-0.3, -0.25) is 4.90 Å². The molecule has 1 saturated heterocycles. The Morgan fingerprint density at radius 1 is 1.32 bits per heavy atom. The number of piperidine rings is 1. The third-order valence-corrected chi connectivity index (χ3v) is 4.49. The van der Waals surface area contributed by atoms with Gasteiger partial charge in [0.15, 0.2) is 0 Å². The van der Waals surface area contributed by atoms with Crippen LogP contribution in [0.15, 0.2) is 37.1 Å². The first kappa shape index (κ1) is 11.1. The van der Waals surface area contributed by atoms with Crippen molar-refractivity contribution < 1.29 is 0 Å². The standard InChI is InChI=1S/C16H17N3/c1-2-6-19-9-12-7-13(10-19)16-15-11(8-17-18-16)4-3-5-14(12)15/h2-5,8,12-13H,1,6-7,9-10H2/t12-,13?/m1/s1. The van der Waals surface area contributed by atoms with E-state index in [0.717, 1.165) is 19.6 Å². The zero-order chi connectivity index (χ0) is 12.8. The van der Waals surface area contributed by atoms with Crippen LogP contribution < -0.4 is 0 Å². The molecule has 0 spiro atoms. The fourth-order valence-corrected chi connectivity index (χ4v) is 3.77. The number of hydrogen-bond donors (Lipinski definition) is 0. The highest BCUT2D eigenvalue weighted by molar-refractivity contribution is 5.88. The smallest absolute Gasteiger partial charge is 0.0756 e. The summed E-state index contributed by atoms with van der Waals surface area (Å²) in [5.41, 5.74) is 2.67. The van der Waals surface area contributed by atoms with Gasteiger partial charge < -0.3 is 0 Å². The van der Waals surface area contributed by atoms with E-state index in [1.165, 1.54) is 28.5 Å². The summed E-state index contributed by atoms with van der Waals surface area (Å²) in [5, 5.41) is 11.3. The lowest BCUT2D eigenvalue weighted by atomic mass is 9.75. The molecule has 0 N–H and O–H groups in total. The maximum absolute atomic E-state index is 4.45. The number of likely N-dealkylation sites (tertiary alicyclic amines) is 1. The van der Waals surface area contributed by atoms with Crippen molar-refractivity contribution in [3.63, 3.8) is 0 Å². The van der Waals surface area contributed by atoms with E-state index in [4.69, 9.17) is 0 Å². The number of hydrogen-bond acceptors (Lipinski definition) is 3. The van der Waals surface area contributed by atoms with Crippen LogP contribution in [0.1, 0.15) is 29.5 Å². The first-order chi connectivity index (χ1) is 9.36. The number of rotatable bonds is 2. The van der Waals surface area contributed by atoms with Crippen LogP contribution in [-0.4, -0.2) is 34.7 Å². The topological polar surface area (TPSA) is 29.0 Å². The van der Waals surface area contributed by atoms with Crippen molar-refractivity contribution >= 4 is 10.8 Å². The molecule has 0 saturated carbocycles. The van der Waals surface area contributed by atoms with Crippen LogP contribution in [0.25, 0.3) is 10.8 Å². The summed E-state index contributed by atoms with van der Waals surface area (Å²) in [7, 11) is 0. The van der Waals surface area contributed by atoms with Gasteiger partial charge in [0.2, 0.25) is 0 Å². The summed E-state index contributed by atoms with van der Waals surface area (Å²) >= 11 is 0. The predicted molar refractivity (Wildman–Crippen MR) is 76.3 cm³/mol. The van der Waals surface area contributed by atoms with Gasteiger partial charge in [0, 0.05) is 36.3 Å². The van der Waals surface area contributed by atoms with Crippen molar-refractivity contribution in [2.45, 2.75) is 18.3 Å². The summed E-state index contributed by atoms with van der Waals surface area (Å²) in [6.45, 7) is 7.06. The Bertz CT molecular complexity index is 603. The summed E-state index contributed by atoms with van der Waals surface area (Å²) in [5.74, 6) is 1.17. The highest BCUT2D eigenvalue weighted by Gasteiger charge is 2.35. The van der Waals surface area contributed by atoms with Crippen LogP contribution >= 0.6 is 0 Å². The zero-order valence-corrected chi connectivity index (χ0v) is 10.9. The molecule has 1 aliphatic carbocycles. The van der Waals surface area contributed by atoms with Gasteiger partial charge in [-0.25, -0.2) is 0 Å². The van der Waals surface area contributed by atoms with E-state index in [0.29, 0.717) is 11.8 Å². The monoisotopic (exact) mass is 251 g/mol. The normalized spacial score (nSPS) is 25.5. The molecule has 1 aromatic heterocycles. The van der Waals surface area contributed by atoms with Gasteiger partial charge in [-0.2, -0.15) is 10.2 Å². The lowest BCUT2D eigenvalue weighted by molar-refractivity contribution is 0.200. The second-order valence-electron chi connectivity index (χ2n) is 5.68. The first-order valence-electron chi connectivity index (χ1n) is 6.94. The van der Waals surface area contributed by atoms with E-state index in [1.54, 1.807) is 0 Å². The fraction of sp³-hybridized carbons (Fsp3) is 0.375. The SMILES string of the molecule is C=CCN1CC2C[C@H](C1)c1cccc3cnnc2c13. The van der Waals surface area contributed by atoms with E-state index in [1.807, 2.05) is 12.3 Å². The molecule has 96 valence electrons. The van der Waals surface area contributed by atoms with E-state index in [-0.39, 0.29) is 0 Å². The van der Waals surface area contributed by atoms with Crippen molar-refractivity contribution in [3.05, 3.63) is 48.3 Å². The van der Waals surface area contributed by atoms with E-state index >= 15 is 0 Å². The molecule has 2 atom stereocenters. The molecule has 2 bridgehead atoms. The molecule has 19 heavy (non-hydrogen) atoms. The van der Waals surface area contributed by atoms with Crippen molar-refractivity contribution in [2.75, 3.05) is 19.6 Å². The Labute approximate surface area is 112 Å². The molecule has 1 fully saturated rings. The Morgan fingerprint density at radius 2 is 2.21 bits per heavy atom. The fourth-order valence-electron chi connectivity index (χ4n) is 3.77.